The molecule has 1 atom stereocenters. The average molecular weight is 145 g/mol. The molecule has 0 aromatic heterocycles. The largest absolute Gasteiger partial charge is 0.379 e. The molecular formula is C5H11N3O2. The van der Waals surface area contributed by atoms with Gasteiger partial charge in [-0.25, -0.2) is 10.6 Å². The van der Waals surface area contributed by atoms with Crippen molar-refractivity contribution in [2.24, 2.45) is 5.84 Å². The van der Waals surface area contributed by atoms with Gasteiger partial charge in [0, 0.05) is 6.61 Å². The third kappa shape index (κ3) is 1.85. The van der Waals surface area contributed by atoms with Crippen molar-refractivity contribution in [2.45, 2.75) is 12.5 Å². The third-order valence-corrected chi connectivity index (χ3v) is 1.40. The van der Waals surface area contributed by atoms with Gasteiger partial charge in [0.2, 0.25) is 0 Å². The summed E-state index contributed by atoms with van der Waals surface area (Å²) >= 11 is 0. The molecule has 0 spiro atoms. The smallest absolute Gasteiger partial charge is 0.329 e. The highest BCUT2D eigenvalue weighted by Crippen LogP contribution is 2.01. The number of hydrogen-bond acceptors (Lipinski definition) is 3. The zero-order valence-electron chi connectivity index (χ0n) is 5.59. The Morgan fingerprint density at radius 2 is 2.50 bits per heavy atom. The molecule has 58 valence electrons. The average Bonchev–Trinajstić information content (AvgIpc) is 2.40. The second-order valence-electron chi connectivity index (χ2n) is 2.18. The molecule has 10 heavy (non-hydrogen) atoms. The summed E-state index contributed by atoms with van der Waals surface area (Å²) in [5.41, 5.74) is 1.99. The predicted octanol–water partition coefficient (Wildman–Crippen LogP) is -1.05. The van der Waals surface area contributed by atoms with Crippen LogP contribution < -0.4 is 16.6 Å². The van der Waals surface area contributed by atoms with Crippen LogP contribution in [0.1, 0.15) is 6.42 Å². The van der Waals surface area contributed by atoms with E-state index in [-0.39, 0.29) is 12.1 Å². The molecule has 0 aromatic rings. The summed E-state index contributed by atoms with van der Waals surface area (Å²) in [6.45, 7) is 1.31. The number of hydrogen-bond donors (Lipinski definition) is 3. The van der Waals surface area contributed by atoms with Gasteiger partial charge in [-0.2, -0.15) is 0 Å². The van der Waals surface area contributed by atoms with Crippen molar-refractivity contribution < 1.29 is 9.53 Å². The van der Waals surface area contributed by atoms with Crippen molar-refractivity contribution in [3.8, 4) is 0 Å². The quantitative estimate of drug-likeness (QED) is 0.250. The van der Waals surface area contributed by atoms with Gasteiger partial charge in [0.1, 0.15) is 0 Å². The van der Waals surface area contributed by atoms with E-state index in [1.807, 2.05) is 5.43 Å². The normalized spacial score (nSPS) is 24.3. The number of ether oxygens (including phenoxy) is 1. The number of amides is 2. The molecule has 1 aliphatic heterocycles. The van der Waals surface area contributed by atoms with Gasteiger partial charge in [0.25, 0.3) is 0 Å². The van der Waals surface area contributed by atoms with Crippen LogP contribution in [-0.2, 0) is 4.74 Å². The van der Waals surface area contributed by atoms with Gasteiger partial charge in [-0.3, -0.25) is 5.43 Å². The van der Waals surface area contributed by atoms with E-state index in [0.29, 0.717) is 6.61 Å². The van der Waals surface area contributed by atoms with Crippen LogP contribution in [0.25, 0.3) is 0 Å². The first-order chi connectivity index (χ1) is 4.83. The third-order valence-electron chi connectivity index (χ3n) is 1.40. The Kier molecular flexibility index (Phi) is 2.47. The van der Waals surface area contributed by atoms with Crippen LogP contribution in [-0.4, -0.2) is 25.3 Å². The molecule has 0 bridgehead atoms. The lowest BCUT2D eigenvalue weighted by Gasteiger charge is -2.08. The van der Waals surface area contributed by atoms with Crippen LogP contribution >= 0.6 is 0 Å². The molecule has 0 aliphatic carbocycles. The second kappa shape index (κ2) is 3.38. The van der Waals surface area contributed by atoms with Crippen LogP contribution in [0.5, 0.6) is 0 Å². The zero-order chi connectivity index (χ0) is 7.40. The molecule has 4 N–H and O–H groups in total. The lowest BCUT2D eigenvalue weighted by Crippen LogP contribution is -2.45. The first-order valence-electron chi connectivity index (χ1n) is 3.18. The molecule has 0 radical (unpaired) electrons. The van der Waals surface area contributed by atoms with Gasteiger partial charge in [-0.1, -0.05) is 0 Å². The molecule has 5 nitrogen and oxygen atoms in total. The molecule has 1 aliphatic rings. The molecule has 1 unspecified atom stereocenters. The highest BCUT2D eigenvalue weighted by Gasteiger charge is 2.16. The number of carbonyl (C=O) groups excluding carboxylic acids is 1. The van der Waals surface area contributed by atoms with E-state index < -0.39 is 0 Å². The van der Waals surface area contributed by atoms with E-state index in [1.165, 1.54) is 0 Å². The Hall–Kier alpha value is -0.810. The number of rotatable bonds is 1. The van der Waals surface area contributed by atoms with Crippen molar-refractivity contribution in [1.82, 2.24) is 10.7 Å². The highest BCUT2D eigenvalue weighted by atomic mass is 16.5. The van der Waals surface area contributed by atoms with Crippen molar-refractivity contribution >= 4 is 6.03 Å². The fourth-order valence-corrected chi connectivity index (χ4v) is 0.875. The van der Waals surface area contributed by atoms with Crippen LogP contribution in [0.2, 0.25) is 0 Å². The minimum atomic E-state index is -0.351. The summed E-state index contributed by atoms with van der Waals surface area (Å²) in [6, 6.07) is -0.223. The van der Waals surface area contributed by atoms with Crippen LogP contribution in [0.3, 0.4) is 0 Å². The standard InChI is InChI=1S/C5H11N3O2/c6-8-5(9)7-4-1-2-10-3-4/h4H,1-3,6H2,(H2,7,8,9). The molecule has 2 amide bonds. The molecule has 1 rings (SSSR count). The molecule has 0 aromatic carbocycles. The number of urea groups is 1. The summed E-state index contributed by atoms with van der Waals surface area (Å²) in [5, 5.41) is 2.63. The number of carbonyl (C=O) groups is 1. The Labute approximate surface area is 58.9 Å². The minimum absolute atomic E-state index is 0.128. The summed E-state index contributed by atoms with van der Waals surface area (Å²) in [7, 11) is 0. The maximum Gasteiger partial charge on any atom is 0.329 e. The van der Waals surface area contributed by atoms with Crippen molar-refractivity contribution in [1.29, 1.82) is 0 Å². The Morgan fingerprint density at radius 3 is 3.00 bits per heavy atom. The molecule has 5 heteroatoms. The van der Waals surface area contributed by atoms with Crippen LogP contribution in [0.15, 0.2) is 0 Å². The summed E-state index contributed by atoms with van der Waals surface area (Å²) in [5.74, 6) is 4.85. The Balaban J connectivity index is 2.17. The van der Waals surface area contributed by atoms with Gasteiger partial charge in [-0.15, -0.1) is 0 Å². The van der Waals surface area contributed by atoms with Crippen molar-refractivity contribution in [3.63, 3.8) is 0 Å². The van der Waals surface area contributed by atoms with E-state index in [1.54, 1.807) is 0 Å². The van der Waals surface area contributed by atoms with E-state index in [4.69, 9.17) is 10.6 Å². The summed E-state index contributed by atoms with van der Waals surface area (Å²) < 4.78 is 5.02. The predicted molar refractivity (Wildman–Crippen MR) is 35.1 cm³/mol. The van der Waals surface area contributed by atoms with Crippen LogP contribution in [0, 0.1) is 0 Å². The fourth-order valence-electron chi connectivity index (χ4n) is 0.875. The van der Waals surface area contributed by atoms with Gasteiger partial charge < -0.3 is 10.1 Å². The van der Waals surface area contributed by atoms with E-state index in [9.17, 15) is 4.79 Å². The lowest BCUT2D eigenvalue weighted by molar-refractivity contribution is 0.188. The van der Waals surface area contributed by atoms with Crippen molar-refractivity contribution in [3.05, 3.63) is 0 Å². The van der Waals surface area contributed by atoms with Gasteiger partial charge in [0.15, 0.2) is 0 Å². The molecule has 0 saturated carbocycles. The van der Waals surface area contributed by atoms with Crippen LogP contribution in [0.4, 0.5) is 4.79 Å². The molecule has 1 saturated heterocycles. The maximum absolute atomic E-state index is 10.6. The fraction of sp³-hybridized carbons (Fsp3) is 0.800. The zero-order valence-corrected chi connectivity index (χ0v) is 5.59. The van der Waals surface area contributed by atoms with Gasteiger partial charge in [-0.05, 0) is 6.42 Å². The van der Waals surface area contributed by atoms with Crippen molar-refractivity contribution in [2.75, 3.05) is 13.2 Å². The second-order valence-corrected chi connectivity index (χ2v) is 2.18. The summed E-state index contributed by atoms with van der Waals surface area (Å²) in [6.07, 6.45) is 0.868. The number of nitrogens with one attached hydrogen (secondary N) is 2. The minimum Gasteiger partial charge on any atom is -0.379 e. The number of hydrazine groups is 1. The van der Waals surface area contributed by atoms with E-state index in [2.05, 4.69) is 5.32 Å². The SMILES string of the molecule is NNC(=O)NC1CCOC1. The number of nitrogens with two attached hydrogens (primary N) is 1. The monoisotopic (exact) mass is 145 g/mol. The molecular weight excluding hydrogens is 134 g/mol. The Bertz CT molecular complexity index is 122. The highest BCUT2D eigenvalue weighted by molar-refractivity contribution is 5.73. The summed E-state index contributed by atoms with van der Waals surface area (Å²) in [4.78, 5) is 10.6. The Morgan fingerprint density at radius 1 is 1.70 bits per heavy atom. The topological polar surface area (TPSA) is 76.4 Å². The molecule has 1 heterocycles. The van der Waals surface area contributed by atoms with E-state index in [0.717, 1.165) is 13.0 Å². The first kappa shape index (κ1) is 7.30. The van der Waals surface area contributed by atoms with Gasteiger partial charge in [0.05, 0.1) is 12.6 Å². The molecule has 1 fully saturated rings. The lowest BCUT2D eigenvalue weighted by atomic mass is 10.3. The maximum atomic E-state index is 10.6. The first-order valence-corrected chi connectivity index (χ1v) is 3.18. The van der Waals surface area contributed by atoms with Gasteiger partial charge >= 0.3 is 6.03 Å². The van der Waals surface area contributed by atoms with E-state index >= 15 is 0 Å².